The average molecular weight is 738 g/mol. The molecule has 3 aliphatic rings. The van der Waals surface area contributed by atoms with Gasteiger partial charge in [-0.1, -0.05) is 24.6 Å². The topological polar surface area (TPSA) is 104 Å². The fourth-order valence-corrected chi connectivity index (χ4v) is 8.41. The average Bonchev–Trinajstić information content (AvgIpc) is 3.32. The van der Waals surface area contributed by atoms with Crippen LogP contribution in [0.3, 0.4) is 0 Å². The number of ether oxygens (including phenoxy) is 1. The van der Waals surface area contributed by atoms with Crippen LogP contribution in [0.15, 0.2) is 36.5 Å². The van der Waals surface area contributed by atoms with Crippen molar-refractivity contribution in [2.75, 3.05) is 82.3 Å². The molecule has 2 N–H and O–H groups in total. The lowest BCUT2D eigenvalue weighted by Gasteiger charge is -2.43. The van der Waals surface area contributed by atoms with E-state index < -0.39 is 25.5 Å². The van der Waals surface area contributed by atoms with Gasteiger partial charge in [0, 0.05) is 62.4 Å². The van der Waals surface area contributed by atoms with Crippen molar-refractivity contribution in [3.63, 3.8) is 0 Å². The van der Waals surface area contributed by atoms with Crippen molar-refractivity contribution >= 4 is 65.5 Å². The Hall–Kier alpha value is -2.86. The molecule has 11 nitrogen and oxygen atoms in total. The van der Waals surface area contributed by atoms with E-state index in [1.807, 2.05) is 45.9 Å². The van der Waals surface area contributed by atoms with Crippen LogP contribution in [0, 0.1) is 0 Å². The Kier molecular flexibility index (Phi) is 11.1. The van der Waals surface area contributed by atoms with Crippen molar-refractivity contribution in [2.24, 2.45) is 0 Å². The van der Waals surface area contributed by atoms with Gasteiger partial charge >= 0.3 is 7.12 Å². The SMILES string of the molecule is CCc1cc(Nc2ncc(Cl)c(Nc3ccc(B4OC(C)(C)C(C)(C)O4)cc3P(C)(C)=O)n2)c(OC)cc1N1CCC(N2CCN(C)CC2)CC1. The van der Waals surface area contributed by atoms with Crippen LogP contribution >= 0.6 is 18.7 Å². The van der Waals surface area contributed by atoms with Crippen molar-refractivity contribution in [3.8, 4) is 5.75 Å². The Bertz CT molecular complexity index is 1760. The number of aromatic nitrogens is 2. The van der Waals surface area contributed by atoms with Gasteiger partial charge in [0.2, 0.25) is 5.95 Å². The molecule has 0 aliphatic carbocycles. The molecule has 1 aromatic heterocycles. The zero-order valence-corrected chi connectivity index (χ0v) is 33.3. The highest BCUT2D eigenvalue weighted by Gasteiger charge is 2.52. The third kappa shape index (κ3) is 8.22. The van der Waals surface area contributed by atoms with E-state index >= 15 is 0 Å². The Morgan fingerprint density at radius 2 is 1.65 bits per heavy atom. The third-order valence-electron chi connectivity index (χ3n) is 11.0. The lowest BCUT2D eigenvalue weighted by Crippen LogP contribution is -2.52. The number of piperazine rings is 1. The molecule has 0 amide bonds. The molecule has 51 heavy (non-hydrogen) atoms. The number of likely N-dealkylation sites (N-methyl/N-ethyl adjacent to an activating group) is 1. The van der Waals surface area contributed by atoms with Gasteiger partial charge in [-0.3, -0.25) is 4.90 Å². The van der Waals surface area contributed by atoms with Gasteiger partial charge in [0.05, 0.1) is 35.9 Å². The van der Waals surface area contributed by atoms with Crippen LogP contribution in [-0.4, -0.2) is 111 Å². The van der Waals surface area contributed by atoms with Gasteiger partial charge in [-0.25, -0.2) is 4.98 Å². The Morgan fingerprint density at radius 3 is 2.25 bits per heavy atom. The molecule has 0 spiro atoms. The Labute approximate surface area is 309 Å². The molecule has 4 heterocycles. The molecule has 0 atom stereocenters. The Morgan fingerprint density at radius 1 is 0.980 bits per heavy atom. The molecule has 0 radical (unpaired) electrons. The van der Waals surface area contributed by atoms with Gasteiger partial charge < -0.3 is 39.0 Å². The van der Waals surface area contributed by atoms with Crippen LogP contribution in [-0.2, 0) is 20.3 Å². The minimum absolute atomic E-state index is 0.333. The van der Waals surface area contributed by atoms with Gasteiger partial charge in [-0.05, 0) is 96.6 Å². The van der Waals surface area contributed by atoms with E-state index in [0.29, 0.717) is 33.8 Å². The maximum absolute atomic E-state index is 13.6. The van der Waals surface area contributed by atoms with Crippen molar-refractivity contribution in [1.82, 2.24) is 19.8 Å². The maximum Gasteiger partial charge on any atom is 0.494 e. The number of nitrogens with zero attached hydrogens (tertiary/aromatic N) is 5. The molecule has 0 unspecified atom stereocenters. The zero-order chi connectivity index (χ0) is 36.7. The van der Waals surface area contributed by atoms with Crippen LogP contribution < -0.4 is 31.0 Å². The highest BCUT2D eigenvalue weighted by Crippen LogP contribution is 2.41. The molecule has 276 valence electrons. The zero-order valence-electron chi connectivity index (χ0n) is 31.7. The van der Waals surface area contributed by atoms with Crippen molar-refractivity contribution < 1.29 is 18.6 Å². The van der Waals surface area contributed by atoms with E-state index in [1.54, 1.807) is 26.6 Å². The van der Waals surface area contributed by atoms with Gasteiger partial charge in [0.1, 0.15) is 17.9 Å². The summed E-state index contributed by atoms with van der Waals surface area (Å²) in [6.07, 6.45) is 4.76. The predicted octanol–water partition coefficient (Wildman–Crippen LogP) is 5.95. The van der Waals surface area contributed by atoms with E-state index in [1.165, 1.54) is 11.3 Å². The van der Waals surface area contributed by atoms with Gasteiger partial charge in [0.25, 0.3) is 0 Å². The van der Waals surface area contributed by atoms with E-state index in [2.05, 4.69) is 56.4 Å². The molecule has 14 heteroatoms. The summed E-state index contributed by atoms with van der Waals surface area (Å²) >= 11 is 6.63. The lowest BCUT2D eigenvalue weighted by molar-refractivity contribution is 0.00578. The minimum atomic E-state index is -2.76. The molecule has 2 aromatic carbocycles. The normalized spacial score (nSPS) is 20.1. The summed E-state index contributed by atoms with van der Waals surface area (Å²) in [6.45, 7) is 20.4. The molecule has 3 aliphatic heterocycles. The molecule has 3 aromatic rings. The minimum Gasteiger partial charge on any atom is -0.494 e. The quantitative estimate of drug-likeness (QED) is 0.191. The van der Waals surface area contributed by atoms with Crippen molar-refractivity contribution in [1.29, 1.82) is 0 Å². The van der Waals surface area contributed by atoms with E-state index in [-0.39, 0.29) is 0 Å². The smallest absolute Gasteiger partial charge is 0.494 e. The highest BCUT2D eigenvalue weighted by atomic mass is 35.5. The largest absolute Gasteiger partial charge is 0.494 e. The summed E-state index contributed by atoms with van der Waals surface area (Å²) in [4.78, 5) is 16.8. The van der Waals surface area contributed by atoms with Crippen LogP contribution in [0.4, 0.5) is 28.8 Å². The van der Waals surface area contributed by atoms with Crippen LogP contribution in [0.25, 0.3) is 0 Å². The fourth-order valence-electron chi connectivity index (χ4n) is 7.11. The molecular weight excluding hydrogens is 684 g/mol. The third-order valence-corrected chi connectivity index (χ3v) is 12.8. The first-order valence-electron chi connectivity index (χ1n) is 18.1. The van der Waals surface area contributed by atoms with E-state index in [9.17, 15) is 4.57 Å². The molecule has 0 saturated carbocycles. The molecule has 3 saturated heterocycles. The molecular formula is C37H54BClN7O4P. The number of nitrogens with one attached hydrogen (secondary N) is 2. The summed E-state index contributed by atoms with van der Waals surface area (Å²) in [7, 11) is 0.571. The van der Waals surface area contributed by atoms with Crippen LogP contribution in [0.5, 0.6) is 5.75 Å². The van der Waals surface area contributed by atoms with Gasteiger partial charge in [-0.15, -0.1) is 0 Å². The van der Waals surface area contributed by atoms with Crippen molar-refractivity contribution in [2.45, 2.75) is 71.1 Å². The summed E-state index contributed by atoms with van der Waals surface area (Å²) < 4.78 is 32.1. The molecule has 6 rings (SSSR count). The summed E-state index contributed by atoms with van der Waals surface area (Å²) in [5.74, 6) is 1.46. The number of anilines is 5. The standard InChI is InChI=1S/C37H54BClN7O4P/c1-10-25-21-30(32(48-7)23-31(25)46-15-13-27(14-16-46)45-19-17-44(6)18-20-45)42-35-40-24-28(39)34(43-35)41-29-12-11-26(22-33(29)51(8,9)47)38-49-36(2,3)37(4,5)50-38/h11-12,21-24,27H,10,13-20H2,1-9H3,(H2,40,41,42,43). The van der Waals surface area contributed by atoms with Gasteiger partial charge in [0.15, 0.2) is 5.82 Å². The van der Waals surface area contributed by atoms with Crippen LogP contribution in [0.2, 0.25) is 5.02 Å². The molecule has 3 fully saturated rings. The number of piperidine rings is 1. The number of methoxy groups -OCH3 is 1. The number of rotatable bonds is 10. The number of hydrogen-bond acceptors (Lipinski definition) is 11. The second kappa shape index (κ2) is 14.9. The summed E-state index contributed by atoms with van der Waals surface area (Å²) in [6, 6.07) is 10.6. The maximum atomic E-state index is 13.6. The second-order valence-corrected chi connectivity index (χ2v) is 19.0. The summed E-state index contributed by atoms with van der Waals surface area (Å²) in [5.41, 5.74) is 3.69. The first-order valence-corrected chi connectivity index (χ1v) is 21.1. The predicted molar refractivity (Wildman–Crippen MR) is 212 cm³/mol. The number of aryl methyl sites for hydroxylation is 1. The Balaban J connectivity index is 1.20. The molecule has 0 bridgehead atoms. The fraction of sp³-hybridized carbons (Fsp3) is 0.568. The van der Waals surface area contributed by atoms with E-state index in [0.717, 1.165) is 75.4 Å². The highest BCUT2D eigenvalue weighted by molar-refractivity contribution is 7.70. The number of halogens is 1. The number of benzene rings is 2. The van der Waals surface area contributed by atoms with E-state index in [4.69, 9.17) is 30.6 Å². The number of hydrogen-bond donors (Lipinski definition) is 2. The second-order valence-electron chi connectivity index (χ2n) is 15.4. The lowest BCUT2D eigenvalue weighted by atomic mass is 9.79. The van der Waals surface area contributed by atoms with Crippen molar-refractivity contribution in [3.05, 3.63) is 47.1 Å². The monoisotopic (exact) mass is 737 g/mol. The van der Waals surface area contributed by atoms with Gasteiger partial charge in [-0.2, -0.15) is 4.98 Å². The van der Waals surface area contributed by atoms with Crippen LogP contribution in [0.1, 0.15) is 53.0 Å². The first kappa shape index (κ1) is 37.9. The first-order chi connectivity index (χ1) is 24.1. The summed E-state index contributed by atoms with van der Waals surface area (Å²) in [5, 5.41) is 7.70.